The number of hydrogen-bond donors (Lipinski definition) is 0. The Morgan fingerprint density at radius 3 is 2.88 bits per heavy atom. The quantitative estimate of drug-likeness (QED) is 0.720. The average molecular weight is 357 g/mol. The third kappa shape index (κ3) is 3.08. The smallest absolute Gasteiger partial charge is 0.224 e. The third-order valence-corrected chi connectivity index (χ3v) is 6.08. The molecule has 132 valence electrons. The van der Waals surface area contributed by atoms with Crippen LogP contribution in [0.2, 0.25) is 0 Å². The lowest BCUT2D eigenvalue weighted by Gasteiger charge is -2.32. The fourth-order valence-corrected chi connectivity index (χ4v) is 4.63. The Morgan fingerprint density at radius 2 is 2.16 bits per heavy atom. The lowest BCUT2D eigenvalue weighted by Crippen LogP contribution is -2.38. The van der Waals surface area contributed by atoms with Crippen molar-refractivity contribution in [1.29, 1.82) is 0 Å². The fraction of sp³-hybridized carbons (Fsp3) is 0.500. The number of rotatable bonds is 4. The van der Waals surface area contributed by atoms with Crippen LogP contribution in [0.5, 0.6) is 0 Å². The molecule has 3 aromatic rings. The van der Waals surface area contributed by atoms with Gasteiger partial charge in [0.2, 0.25) is 5.91 Å². The van der Waals surface area contributed by atoms with Gasteiger partial charge in [0.05, 0.1) is 12.0 Å². The zero-order chi connectivity index (χ0) is 17.4. The molecule has 0 N–H and O–H groups in total. The first kappa shape index (κ1) is 16.3. The summed E-state index contributed by atoms with van der Waals surface area (Å²) in [6.45, 7) is 5.76. The lowest BCUT2D eigenvalue weighted by molar-refractivity contribution is -0.133. The summed E-state index contributed by atoms with van der Waals surface area (Å²) in [5.74, 6) is 1.75. The van der Waals surface area contributed by atoms with Gasteiger partial charge in [0.1, 0.15) is 10.7 Å². The van der Waals surface area contributed by atoms with Crippen molar-refractivity contribution in [3.05, 3.63) is 41.8 Å². The van der Waals surface area contributed by atoms with Crippen molar-refractivity contribution >= 4 is 22.1 Å². The largest absolute Gasteiger partial charge is 0.343 e. The van der Waals surface area contributed by atoms with Crippen molar-refractivity contribution in [2.24, 2.45) is 0 Å². The summed E-state index contributed by atoms with van der Waals surface area (Å²) in [4.78, 5) is 24.7. The highest BCUT2D eigenvalue weighted by molar-refractivity contribution is 7.15. The lowest BCUT2D eigenvalue weighted by atomic mass is 9.93. The average Bonchev–Trinajstić information content (AvgIpc) is 3.34. The standard InChI is InChI=1S/C18H23N5OS/c1-13(22-8-5-19-12-22)11-16(24)21-6-3-15(4-7-21)17-18-23(9-10-25-18)14(2)20-17/h5,8-10,12-13,15H,3-4,6-7,11H2,1-2H3. The molecule has 0 aromatic carbocycles. The van der Waals surface area contributed by atoms with Gasteiger partial charge in [-0.3, -0.25) is 9.20 Å². The van der Waals surface area contributed by atoms with E-state index in [9.17, 15) is 4.79 Å². The normalized spacial score (nSPS) is 17.3. The summed E-state index contributed by atoms with van der Waals surface area (Å²) < 4.78 is 4.16. The van der Waals surface area contributed by atoms with E-state index in [4.69, 9.17) is 4.98 Å². The molecule has 1 fully saturated rings. The monoisotopic (exact) mass is 357 g/mol. The van der Waals surface area contributed by atoms with Gasteiger partial charge in [-0.25, -0.2) is 9.97 Å². The number of thiazole rings is 1. The first-order chi connectivity index (χ1) is 12.1. The van der Waals surface area contributed by atoms with E-state index in [2.05, 4.69) is 34.8 Å². The zero-order valence-electron chi connectivity index (χ0n) is 14.6. The molecule has 7 heteroatoms. The van der Waals surface area contributed by atoms with Gasteiger partial charge in [-0.2, -0.15) is 0 Å². The molecule has 4 heterocycles. The summed E-state index contributed by atoms with van der Waals surface area (Å²) in [5.41, 5.74) is 1.21. The molecule has 25 heavy (non-hydrogen) atoms. The molecule has 1 saturated heterocycles. The molecule has 0 radical (unpaired) electrons. The Labute approximate surface area is 151 Å². The van der Waals surface area contributed by atoms with Crippen LogP contribution in [0, 0.1) is 6.92 Å². The number of likely N-dealkylation sites (tertiary alicyclic amines) is 1. The molecule has 6 nitrogen and oxygen atoms in total. The van der Waals surface area contributed by atoms with Crippen LogP contribution in [-0.2, 0) is 4.79 Å². The van der Waals surface area contributed by atoms with Gasteiger partial charge in [-0.05, 0) is 26.7 Å². The molecule has 0 aliphatic carbocycles. The summed E-state index contributed by atoms with van der Waals surface area (Å²) in [7, 11) is 0. The Morgan fingerprint density at radius 1 is 1.36 bits per heavy atom. The van der Waals surface area contributed by atoms with Crippen molar-refractivity contribution in [3.63, 3.8) is 0 Å². The molecule has 1 aliphatic heterocycles. The first-order valence-corrected chi connectivity index (χ1v) is 9.68. The highest BCUT2D eigenvalue weighted by Gasteiger charge is 2.28. The minimum atomic E-state index is 0.147. The Kier molecular flexibility index (Phi) is 4.33. The maximum absolute atomic E-state index is 12.6. The Hall–Kier alpha value is -2.15. The van der Waals surface area contributed by atoms with Crippen LogP contribution in [-0.4, -0.2) is 42.8 Å². The van der Waals surface area contributed by atoms with Crippen LogP contribution in [0.4, 0.5) is 0 Å². The van der Waals surface area contributed by atoms with Gasteiger partial charge in [0.25, 0.3) is 0 Å². The molecule has 0 bridgehead atoms. The van der Waals surface area contributed by atoms with Gasteiger partial charge >= 0.3 is 0 Å². The maximum atomic E-state index is 12.6. The topological polar surface area (TPSA) is 55.4 Å². The first-order valence-electron chi connectivity index (χ1n) is 8.80. The molecule has 1 aliphatic rings. The summed E-state index contributed by atoms with van der Waals surface area (Å²) in [6, 6.07) is 0.147. The van der Waals surface area contributed by atoms with Crippen LogP contribution in [0.15, 0.2) is 30.3 Å². The second-order valence-electron chi connectivity index (χ2n) is 6.84. The van der Waals surface area contributed by atoms with E-state index in [1.54, 1.807) is 23.9 Å². The van der Waals surface area contributed by atoms with Crippen LogP contribution >= 0.6 is 11.3 Å². The van der Waals surface area contributed by atoms with Gasteiger partial charge < -0.3 is 9.47 Å². The van der Waals surface area contributed by atoms with Gasteiger partial charge in [0.15, 0.2) is 0 Å². The number of piperidine rings is 1. The molecule has 4 rings (SSSR count). The summed E-state index contributed by atoms with van der Waals surface area (Å²) in [5, 5.41) is 2.11. The minimum absolute atomic E-state index is 0.147. The van der Waals surface area contributed by atoms with Crippen LogP contribution in [0.1, 0.15) is 49.7 Å². The minimum Gasteiger partial charge on any atom is -0.343 e. The third-order valence-electron chi connectivity index (χ3n) is 5.20. The van der Waals surface area contributed by atoms with E-state index in [1.165, 1.54) is 10.5 Å². The molecular weight excluding hydrogens is 334 g/mol. The number of carbonyl (C=O) groups excluding carboxylic acids is 1. The number of fused-ring (bicyclic) bond motifs is 1. The number of carbonyl (C=O) groups is 1. The van der Waals surface area contributed by atoms with E-state index in [1.807, 2.05) is 15.7 Å². The number of aromatic nitrogens is 4. The molecule has 1 atom stereocenters. The van der Waals surface area contributed by atoms with E-state index >= 15 is 0 Å². The van der Waals surface area contributed by atoms with Crippen molar-refractivity contribution < 1.29 is 4.79 Å². The molecule has 1 amide bonds. The number of hydrogen-bond acceptors (Lipinski definition) is 4. The predicted molar refractivity (Wildman–Crippen MR) is 97.9 cm³/mol. The van der Waals surface area contributed by atoms with E-state index in [0.29, 0.717) is 12.3 Å². The summed E-state index contributed by atoms with van der Waals surface area (Å²) >= 11 is 1.75. The zero-order valence-corrected chi connectivity index (χ0v) is 15.4. The predicted octanol–water partition coefficient (Wildman–Crippen LogP) is 3.26. The van der Waals surface area contributed by atoms with Gasteiger partial charge in [-0.15, -0.1) is 11.3 Å². The highest BCUT2D eigenvalue weighted by atomic mass is 32.1. The van der Waals surface area contributed by atoms with Crippen LogP contribution in [0.3, 0.4) is 0 Å². The second kappa shape index (κ2) is 6.63. The van der Waals surface area contributed by atoms with Gasteiger partial charge in [0, 0.05) is 55.4 Å². The second-order valence-corrected chi connectivity index (χ2v) is 7.74. The van der Waals surface area contributed by atoms with E-state index in [0.717, 1.165) is 31.8 Å². The van der Waals surface area contributed by atoms with Crippen molar-refractivity contribution in [1.82, 2.24) is 23.8 Å². The summed E-state index contributed by atoms with van der Waals surface area (Å²) in [6.07, 6.45) is 10.0. The molecule has 0 spiro atoms. The van der Waals surface area contributed by atoms with Crippen LogP contribution in [0.25, 0.3) is 4.83 Å². The van der Waals surface area contributed by atoms with Crippen LogP contribution < -0.4 is 0 Å². The van der Waals surface area contributed by atoms with Crippen molar-refractivity contribution in [3.8, 4) is 0 Å². The van der Waals surface area contributed by atoms with Gasteiger partial charge in [-0.1, -0.05) is 0 Å². The number of nitrogens with zero attached hydrogens (tertiary/aromatic N) is 5. The molecule has 1 unspecified atom stereocenters. The molecular formula is C18H23N5OS. The van der Waals surface area contributed by atoms with E-state index in [-0.39, 0.29) is 11.9 Å². The van der Waals surface area contributed by atoms with E-state index < -0.39 is 0 Å². The maximum Gasteiger partial charge on any atom is 0.224 e. The highest BCUT2D eigenvalue weighted by Crippen LogP contribution is 2.33. The number of aryl methyl sites for hydroxylation is 1. The number of imidazole rings is 2. The van der Waals surface area contributed by atoms with Crippen molar-refractivity contribution in [2.75, 3.05) is 13.1 Å². The SMILES string of the molecule is Cc1nc(C2CCN(C(=O)CC(C)n3ccnc3)CC2)c2sccn12. The molecule has 0 saturated carbocycles. The Bertz CT molecular complexity index is 857. The number of amides is 1. The Balaban J connectivity index is 1.38. The van der Waals surface area contributed by atoms with Crippen molar-refractivity contribution in [2.45, 2.75) is 45.1 Å². The molecule has 3 aromatic heterocycles. The fourth-order valence-electron chi connectivity index (χ4n) is 3.68.